The van der Waals surface area contributed by atoms with Crippen molar-refractivity contribution in [1.82, 2.24) is 0 Å². The first kappa shape index (κ1) is 43.5. The van der Waals surface area contributed by atoms with Gasteiger partial charge in [-0.1, -0.05) is 93.6 Å². The van der Waals surface area contributed by atoms with Crippen LogP contribution in [0.2, 0.25) is 0 Å². The van der Waals surface area contributed by atoms with Gasteiger partial charge >= 0.3 is 6.09 Å². The van der Waals surface area contributed by atoms with E-state index in [1.54, 1.807) is 45.0 Å². The van der Waals surface area contributed by atoms with Crippen molar-refractivity contribution in [3.8, 4) is 5.75 Å². The molecule has 1 N–H and O–H groups in total. The Kier molecular flexibility index (Phi) is 15.6. The summed E-state index contributed by atoms with van der Waals surface area (Å²) in [5.41, 5.74) is 4.42. The zero-order valence-corrected chi connectivity index (χ0v) is 34.4. The lowest BCUT2D eigenvalue weighted by molar-refractivity contribution is -0.884. The van der Waals surface area contributed by atoms with Crippen LogP contribution in [0.25, 0.3) is 0 Å². The number of carbonyl (C=O) groups is 3. The van der Waals surface area contributed by atoms with Gasteiger partial charge < -0.3 is 21.8 Å². The summed E-state index contributed by atoms with van der Waals surface area (Å²) in [6, 6.07) is 34.0. The number of ketones is 1. The second kappa shape index (κ2) is 20.1. The summed E-state index contributed by atoms with van der Waals surface area (Å²) in [4.78, 5) is 42.4. The molecular weight excluding hydrogens is 699 g/mol. The zero-order chi connectivity index (χ0) is 39.4. The predicted octanol–water partition coefficient (Wildman–Crippen LogP) is 10.9. The van der Waals surface area contributed by atoms with E-state index in [0.29, 0.717) is 40.4 Å². The number of para-hydroxylation sites is 1. The number of quaternary nitrogens is 1. The van der Waals surface area contributed by atoms with E-state index >= 15 is 0 Å². The molecule has 8 nitrogen and oxygen atoms in total. The van der Waals surface area contributed by atoms with Crippen molar-refractivity contribution in [1.29, 1.82) is 0 Å². The second-order valence-corrected chi connectivity index (χ2v) is 15.7. The van der Waals surface area contributed by atoms with Gasteiger partial charge in [-0.05, 0) is 80.1 Å². The first-order chi connectivity index (χ1) is 26.4. The van der Waals surface area contributed by atoms with Gasteiger partial charge in [0.05, 0.1) is 31.5 Å². The van der Waals surface area contributed by atoms with Gasteiger partial charge in [-0.15, -0.1) is 0 Å². The Balaban J connectivity index is 0.00000696. The molecule has 0 aliphatic carbocycles. The van der Waals surface area contributed by atoms with Gasteiger partial charge in [-0.3, -0.25) is 19.4 Å². The first-order valence-electron chi connectivity index (χ1n) is 19.7. The molecule has 4 aromatic carbocycles. The molecule has 5 rings (SSSR count). The average molecular weight is 760 g/mol. The SMILES string of the molecule is CCC(=O)N(c1ccccc1)C1CC[N+](C=CC(=O)c2cc(OCc3ccc(C(C)CC)cc3)ccc2NC(=O)OC(C)(C)C)(CCc2ccccc2)CC1.[CH3-]. The van der Waals surface area contributed by atoms with Crippen LogP contribution in [-0.2, 0) is 22.6 Å². The Morgan fingerprint density at radius 2 is 1.52 bits per heavy atom. The summed E-state index contributed by atoms with van der Waals surface area (Å²) in [7, 11) is 0. The number of nitrogens with one attached hydrogen (secondary N) is 1. The Morgan fingerprint density at radius 1 is 0.875 bits per heavy atom. The Bertz CT molecular complexity index is 1890. The van der Waals surface area contributed by atoms with Crippen LogP contribution < -0.4 is 15.0 Å². The lowest BCUT2D eigenvalue weighted by Gasteiger charge is -2.44. The summed E-state index contributed by atoms with van der Waals surface area (Å²) in [6.07, 6.45) is 6.96. The molecule has 0 saturated carbocycles. The summed E-state index contributed by atoms with van der Waals surface area (Å²) >= 11 is 0. The van der Waals surface area contributed by atoms with Gasteiger partial charge in [-0.25, -0.2) is 4.79 Å². The summed E-state index contributed by atoms with van der Waals surface area (Å²) in [6.45, 7) is 14.4. The molecular formula is C48H61N3O5. The van der Waals surface area contributed by atoms with Crippen molar-refractivity contribution in [3.05, 3.63) is 145 Å². The normalized spacial score (nSPS) is 17.4. The number of benzene rings is 4. The molecule has 56 heavy (non-hydrogen) atoms. The van der Waals surface area contributed by atoms with Crippen molar-refractivity contribution in [2.75, 3.05) is 29.9 Å². The number of piperidine rings is 1. The molecule has 1 fully saturated rings. The summed E-state index contributed by atoms with van der Waals surface area (Å²) in [5, 5.41) is 2.80. The molecule has 1 unspecified atom stereocenters. The summed E-state index contributed by atoms with van der Waals surface area (Å²) < 4.78 is 12.3. The Morgan fingerprint density at radius 3 is 2.12 bits per heavy atom. The third kappa shape index (κ3) is 12.1. The number of anilines is 2. The van der Waals surface area contributed by atoms with Crippen molar-refractivity contribution in [2.45, 2.75) is 97.8 Å². The summed E-state index contributed by atoms with van der Waals surface area (Å²) in [5.74, 6) is 0.872. The third-order valence-corrected chi connectivity index (χ3v) is 10.5. The predicted molar refractivity (Wildman–Crippen MR) is 228 cm³/mol. The van der Waals surface area contributed by atoms with Gasteiger partial charge in [-0.2, -0.15) is 0 Å². The van der Waals surface area contributed by atoms with E-state index in [0.717, 1.165) is 56.6 Å². The van der Waals surface area contributed by atoms with Gasteiger partial charge in [0, 0.05) is 49.1 Å². The average Bonchev–Trinajstić information content (AvgIpc) is 3.19. The largest absolute Gasteiger partial charge is 0.489 e. The number of hydrogen-bond donors (Lipinski definition) is 1. The number of ether oxygens (including phenoxy) is 2. The minimum Gasteiger partial charge on any atom is -0.489 e. The van der Waals surface area contributed by atoms with Gasteiger partial charge in [0.2, 0.25) is 5.91 Å². The van der Waals surface area contributed by atoms with Crippen LogP contribution in [0, 0.1) is 7.43 Å². The van der Waals surface area contributed by atoms with Crippen LogP contribution in [0.5, 0.6) is 5.75 Å². The van der Waals surface area contributed by atoms with E-state index < -0.39 is 11.7 Å². The molecule has 0 spiro atoms. The number of nitrogens with zero attached hydrogens (tertiary/aromatic N) is 2. The maximum atomic E-state index is 14.2. The third-order valence-electron chi connectivity index (χ3n) is 10.5. The number of hydrogen-bond acceptors (Lipinski definition) is 5. The van der Waals surface area contributed by atoms with Crippen molar-refractivity contribution in [3.63, 3.8) is 0 Å². The molecule has 2 amide bonds. The zero-order valence-electron chi connectivity index (χ0n) is 34.4. The van der Waals surface area contributed by atoms with Crippen LogP contribution in [0.1, 0.15) is 100 Å². The lowest BCUT2D eigenvalue weighted by atomic mass is 9.98. The molecule has 0 aromatic heterocycles. The molecule has 298 valence electrons. The van der Waals surface area contributed by atoms with Crippen LogP contribution in [0.4, 0.5) is 16.2 Å². The molecule has 1 aliphatic heterocycles. The first-order valence-corrected chi connectivity index (χ1v) is 19.7. The fraction of sp³-hybridized carbons (Fsp3) is 0.375. The molecule has 1 aliphatic rings. The highest BCUT2D eigenvalue weighted by atomic mass is 16.6. The minimum absolute atomic E-state index is 0. The Labute approximate surface area is 335 Å². The highest BCUT2D eigenvalue weighted by Gasteiger charge is 2.37. The molecule has 1 saturated heterocycles. The number of allylic oxidation sites excluding steroid dienone is 1. The van der Waals surface area contributed by atoms with Gasteiger partial charge in [0.15, 0.2) is 5.78 Å². The molecule has 0 radical (unpaired) electrons. The van der Waals surface area contributed by atoms with Crippen LogP contribution >= 0.6 is 0 Å². The molecule has 0 bridgehead atoms. The fourth-order valence-electron chi connectivity index (χ4n) is 7.09. The van der Waals surface area contributed by atoms with E-state index in [1.807, 2.05) is 54.4 Å². The second-order valence-electron chi connectivity index (χ2n) is 15.7. The van der Waals surface area contributed by atoms with E-state index in [4.69, 9.17) is 9.47 Å². The lowest BCUT2D eigenvalue weighted by Crippen LogP contribution is -2.55. The number of amides is 2. The number of carbonyl (C=O) groups excluding carboxylic acids is 3. The van der Waals surface area contributed by atoms with Gasteiger partial charge in [0.1, 0.15) is 18.0 Å². The smallest absolute Gasteiger partial charge is 0.412 e. The van der Waals surface area contributed by atoms with Crippen molar-refractivity contribution in [2.24, 2.45) is 0 Å². The maximum absolute atomic E-state index is 14.2. The number of likely N-dealkylation sites (tertiary alicyclic amines) is 1. The molecule has 8 heteroatoms. The molecule has 4 aromatic rings. The highest BCUT2D eigenvalue weighted by molar-refractivity contribution is 6.10. The Hall–Kier alpha value is -5.21. The number of rotatable bonds is 15. The highest BCUT2D eigenvalue weighted by Crippen LogP contribution is 2.30. The molecule has 1 atom stereocenters. The van der Waals surface area contributed by atoms with E-state index in [9.17, 15) is 14.4 Å². The van der Waals surface area contributed by atoms with Crippen LogP contribution in [0.15, 0.2) is 115 Å². The van der Waals surface area contributed by atoms with Gasteiger partial charge in [0.25, 0.3) is 0 Å². The fourth-order valence-corrected chi connectivity index (χ4v) is 7.09. The van der Waals surface area contributed by atoms with E-state index in [1.165, 1.54) is 11.1 Å². The van der Waals surface area contributed by atoms with E-state index in [-0.39, 0.29) is 25.2 Å². The van der Waals surface area contributed by atoms with Crippen molar-refractivity contribution >= 4 is 29.2 Å². The van der Waals surface area contributed by atoms with Crippen molar-refractivity contribution < 1.29 is 28.3 Å². The topological polar surface area (TPSA) is 84.9 Å². The molecule has 1 heterocycles. The van der Waals surface area contributed by atoms with Crippen LogP contribution in [-0.4, -0.2) is 53.5 Å². The quantitative estimate of drug-likeness (QED) is 0.0565. The monoisotopic (exact) mass is 759 g/mol. The van der Waals surface area contributed by atoms with E-state index in [2.05, 4.69) is 67.7 Å². The minimum atomic E-state index is -0.707. The standard InChI is InChI=1S/C47H57N3O5.CH3/c1-7-35(3)38-21-19-37(20-22-38)34-54-41-23-24-43(48-46(53)55-47(4,5)6)42(33-41)44(51)28-32-50(29-25-36-15-11-9-12-16-36)30-26-40(27-31-50)49(45(52)8-2)39-17-13-10-14-18-39;/h9-24,28,32-33,35,40H,7-8,25-27,29-31,34H2,1-6H3;1H3/q;-1/p+1. The maximum Gasteiger partial charge on any atom is 0.412 e. The van der Waals surface area contributed by atoms with Crippen LogP contribution in [0.3, 0.4) is 0 Å².